The summed E-state index contributed by atoms with van der Waals surface area (Å²) in [6, 6.07) is 13.9. The summed E-state index contributed by atoms with van der Waals surface area (Å²) in [5.74, 6) is 0.664. The van der Waals surface area contributed by atoms with Crippen LogP contribution in [-0.2, 0) is 11.2 Å². The molecule has 0 saturated heterocycles. The lowest BCUT2D eigenvalue weighted by atomic mass is 9.75. The molecule has 2 aliphatic carbocycles. The number of carbonyl (C=O) groups excluding carboxylic acids is 1. The summed E-state index contributed by atoms with van der Waals surface area (Å²) in [7, 11) is 0. The Labute approximate surface area is 200 Å². The third-order valence-corrected chi connectivity index (χ3v) is 7.48. The minimum absolute atomic E-state index is 0.142. The largest absolute Gasteiger partial charge is 0.459 e. The quantitative estimate of drug-likeness (QED) is 0.514. The molecule has 5 rings (SSSR count). The van der Waals surface area contributed by atoms with E-state index in [0.29, 0.717) is 34.0 Å². The number of hydrogen-bond donors (Lipinski definition) is 0. The maximum atomic E-state index is 12.4. The fourth-order valence-electron chi connectivity index (χ4n) is 5.71. The smallest absolute Gasteiger partial charge is 0.338 e. The number of nitrogens with zero attached hydrogens (tertiary/aromatic N) is 3. The molecule has 2 aromatic rings. The average Bonchev–Trinajstić information content (AvgIpc) is 3.45. The Kier molecular flexibility index (Phi) is 5.88. The van der Waals surface area contributed by atoms with Crippen molar-refractivity contribution in [1.29, 1.82) is 5.26 Å². The number of benzene rings is 2. The molecule has 1 saturated carbocycles. The molecule has 2 unspecified atom stereocenters. The number of ether oxygens (including phenoxy) is 1. The maximum absolute atomic E-state index is 12.4. The number of fused-ring (bicyclic) bond motifs is 3. The van der Waals surface area contributed by atoms with Crippen molar-refractivity contribution in [3.05, 3.63) is 63.7 Å². The summed E-state index contributed by atoms with van der Waals surface area (Å²) < 4.78 is 5.39. The van der Waals surface area contributed by atoms with Crippen molar-refractivity contribution in [3.8, 4) is 6.07 Å². The van der Waals surface area contributed by atoms with Crippen molar-refractivity contribution >= 4 is 29.0 Å². The predicted octanol–water partition coefficient (Wildman–Crippen LogP) is 6.12. The van der Waals surface area contributed by atoms with Crippen molar-refractivity contribution in [2.24, 2.45) is 16.9 Å². The minimum Gasteiger partial charge on any atom is -0.459 e. The van der Waals surface area contributed by atoms with E-state index in [1.807, 2.05) is 44.2 Å². The lowest BCUT2D eigenvalue weighted by molar-refractivity contribution is 0.0377. The second-order valence-electron chi connectivity index (χ2n) is 9.61. The molecule has 3 aliphatic rings. The molecule has 6 heteroatoms. The molecule has 5 nitrogen and oxygen atoms in total. The lowest BCUT2D eigenvalue weighted by Crippen LogP contribution is -2.40. The first-order valence-electron chi connectivity index (χ1n) is 11.9. The Balaban J connectivity index is 1.53. The first kappa shape index (κ1) is 22.0. The van der Waals surface area contributed by atoms with E-state index >= 15 is 0 Å². The number of anilines is 1. The highest BCUT2D eigenvalue weighted by molar-refractivity contribution is 6.32. The van der Waals surface area contributed by atoms with E-state index in [2.05, 4.69) is 11.1 Å². The zero-order valence-corrected chi connectivity index (χ0v) is 19.8. The number of hydrazone groups is 1. The molecule has 0 aromatic heterocycles. The standard InChI is InChI=1S/C27H28ClN3O2/c1-16(2)33-27(32)19-9-11-22-18(13-19)8-12-23-25(22)30-31(26(23)17-5-3-4-6-17)21-10-7-20(15-29)24(28)14-21/h7,9-11,13-14,16-17,23,26H,3-6,8,12H2,1-2H3. The molecule has 2 atom stereocenters. The highest BCUT2D eigenvalue weighted by atomic mass is 35.5. The molecule has 0 spiro atoms. The summed E-state index contributed by atoms with van der Waals surface area (Å²) in [4.78, 5) is 12.4. The minimum atomic E-state index is -0.277. The van der Waals surface area contributed by atoms with Gasteiger partial charge >= 0.3 is 5.97 Å². The molecule has 1 aliphatic heterocycles. The van der Waals surface area contributed by atoms with Gasteiger partial charge in [-0.25, -0.2) is 4.79 Å². The van der Waals surface area contributed by atoms with Crippen molar-refractivity contribution in [3.63, 3.8) is 0 Å². The van der Waals surface area contributed by atoms with Crippen molar-refractivity contribution in [2.45, 2.75) is 64.5 Å². The molecule has 0 N–H and O–H groups in total. The van der Waals surface area contributed by atoms with Gasteiger partial charge in [-0.2, -0.15) is 10.4 Å². The highest BCUT2D eigenvalue weighted by Crippen LogP contribution is 2.45. The number of nitriles is 1. The lowest BCUT2D eigenvalue weighted by Gasteiger charge is -2.34. The van der Waals surface area contributed by atoms with Gasteiger partial charge in [-0.3, -0.25) is 5.01 Å². The number of hydrogen-bond acceptors (Lipinski definition) is 5. The van der Waals surface area contributed by atoms with Gasteiger partial charge in [-0.15, -0.1) is 0 Å². The molecular weight excluding hydrogens is 434 g/mol. The Morgan fingerprint density at radius 1 is 1.18 bits per heavy atom. The molecule has 1 fully saturated rings. The molecule has 0 amide bonds. The monoisotopic (exact) mass is 461 g/mol. The van der Waals surface area contributed by atoms with Crippen LogP contribution < -0.4 is 5.01 Å². The van der Waals surface area contributed by atoms with Crippen LogP contribution in [0.4, 0.5) is 5.69 Å². The van der Waals surface area contributed by atoms with Gasteiger partial charge in [0.25, 0.3) is 0 Å². The van der Waals surface area contributed by atoms with Gasteiger partial charge in [-0.05, 0) is 81.3 Å². The van der Waals surface area contributed by atoms with Crippen molar-refractivity contribution < 1.29 is 9.53 Å². The van der Waals surface area contributed by atoms with E-state index in [-0.39, 0.29) is 12.1 Å². The first-order chi connectivity index (χ1) is 16.0. The summed E-state index contributed by atoms with van der Waals surface area (Å²) >= 11 is 6.39. The average molecular weight is 462 g/mol. The Hall–Kier alpha value is -2.84. The topological polar surface area (TPSA) is 65.7 Å². The number of esters is 1. The van der Waals surface area contributed by atoms with E-state index in [0.717, 1.165) is 35.4 Å². The van der Waals surface area contributed by atoms with Gasteiger partial charge in [0, 0.05) is 11.5 Å². The van der Waals surface area contributed by atoms with Crippen molar-refractivity contribution in [1.82, 2.24) is 0 Å². The SMILES string of the molecule is CC(C)OC(=O)c1ccc2c(c1)CCC1C2=NN(c2ccc(C#N)c(Cl)c2)C1C1CCCC1. The van der Waals surface area contributed by atoms with E-state index < -0.39 is 0 Å². The number of carbonyl (C=O) groups is 1. The van der Waals surface area contributed by atoms with Crippen LogP contribution in [-0.4, -0.2) is 23.8 Å². The second kappa shape index (κ2) is 8.83. The normalized spacial score (nSPS) is 22.0. The summed E-state index contributed by atoms with van der Waals surface area (Å²) in [6.07, 6.45) is 6.77. The van der Waals surface area contributed by atoms with E-state index in [1.165, 1.54) is 25.7 Å². The fraction of sp³-hybridized carbons (Fsp3) is 0.444. The Morgan fingerprint density at radius 3 is 2.67 bits per heavy atom. The van der Waals surface area contributed by atoms with E-state index in [9.17, 15) is 10.1 Å². The van der Waals surface area contributed by atoms with Crippen LogP contribution in [0.15, 0.2) is 41.5 Å². The zero-order chi connectivity index (χ0) is 23.1. The number of halogens is 1. The van der Waals surface area contributed by atoms with Gasteiger partial charge in [0.05, 0.1) is 39.7 Å². The van der Waals surface area contributed by atoms with Crippen LogP contribution in [0.3, 0.4) is 0 Å². The third-order valence-electron chi connectivity index (χ3n) is 7.17. The summed E-state index contributed by atoms with van der Waals surface area (Å²) in [5.41, 5.74) is 5.43. The highest BCUT2D eigenvalue weighted by Gasteiger charge is 2.45. The van der Waals surface area contributed by atoms with Crippen LogP contribution >= 0.6 is 11.6 Å². The molecule has 1 heterocycles. The van der Waals surface area contributed by atoms with Gasteiger partial charge < -0.3 is 4.74 Å². The number of aryl methyl sites for hydroxylation is 1. The molecule has 170 valence electrons. The predicted molar refractivity (Wildman–Crippen MR) is 130 cm³/mol. The third kappa shape index (κ3) is 4.02. The summed E-state index contributed by atoms with van der Waals surface area (Å²) in [6.45, 7) is 3.72. The van der Waals surface area contributed by atoms with Gasteiger partial charge in [-0.1, -0.05) is 30.5 Å². The molecular formula is C27H28ClN3O2. The zero-order valence-electron chi connectivity index (χ0n) is 19.1. The molecule has 33 heavy (non-hydrogen) atoms. The van der Waals surface area contributed by atoms with Crippen molar-refractivity contribution in [2.75, 3.05) is 5.01 Å². The van der Waals surface area contributed by atoms with Crippen LogP contribution in [0.2, 0.25) is 5.02 Å². The van der Waals surface area contributed by atoms with E-state index in [4.69, 9.17) is 21.4 Å². The maximum Gasteiger partial charge on any atom is 0.338 e. The van der Waals surface area contributed by atoms with Crippen LogP contribution in [0.25, 0.3) is 0 Å². The van der Waals surface area contributed by atoms with Gasteiger partial charge in [0.1, 0.15) is 6.07 Å². The van der Waals surface area contributed by atoms with Crippen LogP contribution in [0.1, 0.15) is 73.0 Å². The molecule has 0 bridgehead atoms. The summed E-state index contributed by atoms with van der Waals surface area (Å²) in [5, 5.41) is 17.1. The molecule has 0 radical (unpaired) electrons. The van der Waals surface area contributed by atoms with Gasteiger partial charge in [0.2, 0.25) is 0 Å². The van der Waals surface area contributed by atoms with Crippen LogP contribution in [0, 0.1) is 23.2 Å². The second-order valence-corrected chi connectivity index (χ2v) is 10.0. The van der Waals surface area contributed by atoms with E-state index in [1.54, 1.807) is 6.07 Å². The van der Waals surface area contributed by atoms with Gasteiger partial charge in [0.15, 0.2) is 0 Å². The molecule has 2 aromatic carbocycles. The Morgan fingerprint density at radius 2 is 1.97 bits per heavy atom. The fourth-order valence-corrected chi connectivity index (χ4v) is 5.93. The van der Waals surface area contributed by atoms with Crippen LogP contribution in [0.5, 0.6) is 0 Å². The number of rotatable bonds is 4. The Bertz CT molecular complexity index is 1160. The first-order valence-corrected chi connectivity index (χ1v) is 12.3.